The van der Waals surface area contributed by atoms with Crippen molar-refractivity contribution in [1.82, 2.24) is 4.90 Å². The van der Waals surface area contributed by atoms with Gasteiger partial charge in [0.25, 0.3) is 0 Å². The van der Waals surface area contributed by atoms with Gasteiger partial charge >= 0.3 is 0 Å². The molecule has 0 saturated carbocycles. The van der Waals surface area contributed by atoms with E-state index in [1.54, 1.807) is 6.08 Å². The third-order valence-electron chi connectivity index (χ3n) is 1.47. The molecular formula is C11H17N. The molecule has 0 spiro atoms. The third kappa shape index (κ3) is 3.81. The Morgan fingerprint density at radius 2 is 2.08 bits per heavy atom. The first-order chi connectivity index (χ1) is 5.76. The first-order valence-electron chi connectivity index (χ1n) is 4.03. The number of hydrogen-bond donors (Lipinski definition) is 0. The van der Waals surface area contributed by atoms with Gasteiger partial charge in [-0.25, -0.2) is 0 Å². The van der Waals surface area contributed by atoms with E-state index in [2.05, 4.69) is 18.1 Å². The first-order valence-corrected chi connectivity index (χ1v) is 4.03. The number of nitrogens with zero attached hydrogens (tertiary/aromatic N) is 1. The van der Waals surface area contributed by atoms with Crippen LogP contribution >= 0.6 is 0 Å². The molecule has 66 valence electrons. The molecule has 0 aliphatic heterocycles. The summed E-state index contributed by atoms with van der Waals surface area (Å²) >= 11 is 0. The van der Waals surface area contributed by atoms with Crippen molar-refractivity contribution in [2.24, 2.45) is 0 Å². The van der Waals surface area contributed by atoms with Crippen LogP contribution < -0.4 is 0 Å². The number of hydrogen-bond acceptors (Lipinski definition) is 1. The number of likely N-dealkylation sites (N-methyl/N-ethyl adjacent to an activating group) is 1. The molecule has 0 rings (SSSR count). The smallest absolute Gasteiger partial charge is 0.0362 e. The van der Waals surface area contributed by atoms with E-state index in [-0.39, 0.29) is 0 Å². The van der Waals surface area contributed by atoms with Crippen LogP contribution in [0.25, 0.3) is 0 Å². The number of rotatable bonds is 5. The largest absolute Gasteiger partial charge is 0.371 e. The second kappa shape index (κ2) is 6.47. The maximum atomic E-state index is 3.68. The van der Waals surface area contributed by atoms with E-state index < -0.39 is 0 Å². The van der Waals surface area contributed by atoms with E-state index in [0.29, 0.717) is 0 Å². The highest BCUT2D eigenvalue weighted by Crippen LogP contribution is 2.03. The highest BCUT2D eigenvalue weighted by atomic mass is 15.1. The first kappa shape index (κ1) is 10.8. The fraction of sp³-hybridized carbons (Fsp3) is 0.273. The third-order valence-corrected chi connectivity index (χ3v) is 1.47. The zero-order valence-electron chi connectivity index (χ0n) is 7.96. The Bertz CT molecular complexity index is 199. The van der Waals surface area contributed by atoms with Crippen LogP contribution in [-0.2, 0) is 0 Å². The van der Waals surface area contributed by atoms with Gasteiger partial charge in [0.1, 0.15) is 0 Å². The lowest BCUT2D eigenvalue weighted by Gasteiger charge is -2.17. The average molecular weight is 163 g/mol. The lowest BCUT2D eigenvalue weighted by Crippen LogP contribution is -2.15. The van der Waals surface area contributed by atoms with Crippen molar-refractivity contribution in [2.75, 3.05) is 13.6 Å². The normalized spacial score (nSPS) is 11.7. The van der Waals surface area contributed by atoms with Gasteiger partial charge in [-0.2, -0.15) is 0 Å². The summed E-state index contributed by atoms with van der Waals surface area (Å²) < 4.78 is 0. The van der Waals surface area contributed by atoms with Crippen molar-refractivity contribution >= 4 is 0 Å². The van der Waals surface area contributed by atoms with Crippen molar-refractivity contribution < 1.29 is 0 Å². The van der Waals surface area contributed by atoms with Crippen LogP contribution in [0.4, 0.5) is 0 Å². The van der Waals surface area contributed by atoms with Crippen LogP contribution in [0, 0.1) is 0 Å². The Morgan fingerprint density at radius 1 is 1.42 bits per heavy atom. The molecule has 0 saturated heterocycles. The minimum Gasteiger partial charge on any atom is -0.371 e. The summed E-state index contributed by atoms with van der Waals surface area (Å²) in [6.45, 7) is 10.2. The van der Waals surface area contributed by atoms with E-state index in [1.165, 1.54) is 0 Å². The molecule has 1 heteroatoms. The van der Waals surface area contributed by atoms with Gasteiger partial charge in [0.15, 0.2) is 0 Å². The molecule has 0 N–H and O–H groups in total. The van der Waals surface area contributed by atoms with Crippen molar-refractivity contribution in [2.45, 2.75) is 6.92 Å². The Hall–Kier alpha value is -1.24. The van der Waals surface area contributed by atoms with Crippen molar-refractivity contribution in [3.8, 4) is 0 Å². The van der Waals surface area contributed by atoms with Gasteiger partial charge in [-0.3, -0.25) is 0 Å². The molecule has 0 aromatic heterocycles. The highest BCUT2D eigenvalue weighted by molar-refractivity contribution is 5.21. The molecule has 1 nitrogen and oxygen atoms in total. The van der Waals surface area contributed by atoms with Crippen LogP contribution in [0.3, 0.4) is 0 Å². The molecule has 0 unspecified atom stereocenters. The van der Waals surface area contributed by atoms with Crippen LogP contribution in [0.2, 0.25) is 0 Å². The molecule has 0 bridgehead atoms. The van der Waals surface area contributed by atoms with E-state index in [9.17, 15) is 0 Å². The molecule has 0 fully saturated rings. The fourth-order valence-electron chi connectivity index (χ4n) is 0.901. The van der Waals surface area contributed by atoms with Crippen LogP contribution in [0.15, 0.2) is 49.2 Å². The SMILES string of the molecule is C=C/C=C(\C=C/C)N(C)CC=C. The molecule has 0 radical (unpaired) electrons. The second-order valence-corrected chi connectivity index (χ2v) is 2.50. The molecule has 0 aromatic carbocycles. The summed E-state index contributed by atoms with van der Waals surface area (Å²) in [5.74, 6) is 0. The summed E-state index contributed by atoms with van der Waals surface area (Å²) in [5.41, 5.74) is 1.15. The molecule has 0 amide bonds. The zero-order chi connectivity index (χ0) is 9.40. The van der Waals surface area contributed by atoms with Gasteiger partial charge < -0.3 is 4.90 Å². The Kier molecular flexibility index (Phi) is 5.80. The molecule has 0 aromatic rings. The van der Waals surface area contributed by atoms with Gasteiger partial charge in [-0.15, -0.1) is 6.58 Å². The fourth-order valence-corrected chi connectivity index (χ4v) is 0.901. The van der Waals surface area contributed by atoms with Crippen molar-refractivity contribution in [3.63, 3.8) is 0 Å². The summed E-state index contributed by atoms with van der Waals surface area (Å²) in [6.07, 6.45) is 9.69. The summed E-state index contributed by atoms with van der Waals surface area (Å²) in [7, 11) is 2.02. The Labute approximate surface area is 75.4 Å². The maximum absolute atomic E-state index is 3.68. The van der Waals surface area contributed by atoms with Crippen LogP contribution in [0.5, 0.6) is 0 Å². The highest BCUT2D eigenvalue weighted by Gasteiger charge is 1.95. The Morgan fingerprint density at radius 3 is 2.50 bits per heavy atom. The predicted molar refractivity (Wildman–Crippen MR) is 55.9 cm³/mol. The van der Waals surface area contributed by atoms with Gasteiger partial charge in [0, 0.05) is 19.3 Å². The average Bonchev–Trinajstić information content (AvgIpc) is 2.04. The second-order valence-electron chi connectivity index (χ2n) is 2.50. The number of allylic oxidation sites excluding steroid dienone is 4. The van der Waals surface area contributed by atoms with Crippen LogP contribution in [-0.4, -0.2) is 18.5 Å². The maximum Gasteiger partial charge on any atom is 0.0362 e. The molecule has 0 atom stereocenters. The van der Waals surface area contributed by atoms with Gasteiger partial charge in [-0.1, -0.05) is 24.8 Å². The molecule has 12 heavy (non-hydrogen) atoms. The minimum atomic E-state index is 0.851. The summed E-state index contributed by atoms with van der Waals surface area (Å²) in [4.78, 5) is 2.11. The molecule has 0 aliphatic carbocycles. The summed E-state index contributed by atoms with van der Waals surface area (Å²) in [6, 6.07) is 0. The van der Waals surface area contributed by atoms with E-state index >= 15 is 0 Å². The van der Waals surface area contributed by atoms with Gasteiger partial charge in [-0.05, 0) is 19.1 Å². The predicted octanol–water partition coefficient (Wildman–Crippen LogP) is 2.75. The topological polar surface area (TPSA) is 3.24 Å². The van der Waals surface area contributed by atoms with Gasteiger partial charge in [0.05, 0.1) is 0 Å². The van der Waals surface area contributed by atoms with Crippen molar-refractivity contribution in [1.29, 1.82) is 0 Å². The lowest BCUT2D eigenvalue weighted by molar-refractivity contribution is 0.480. The molecule has 0 aliphatic rings. The molecular weight excluding hydrogens is 146 g/mol. The lowest BCUT2D eigenvalue weighted by atomic mass is 10.3. The Balaban J connectivity index is 4.38. The standard InChI is InChI=1S/C11H17N/c1-5-8-11(9-6-2)12(4)10-7-3/h5-9H,1,3,10H2,2,4H3/b9-6-,11-8+. The quantitative estimate of drug-likeness (QED) is 0.445. The van der Waals surface area contributed by atoms with Crippen LogP contribution in [0.1, 0.15) is 6.92 Å². The van der Waals surface area contributed by atoms with Gasteiger partial charge in [0.2, 0.25) is 0 Å². The van der Waals surface area contributed by atoms with Crippen molar-refractivity contribution in [3.05, 3.63) is 49.2 Å². The monoisotopic (exact) mass is 163 g/mol. The van der Waals surface area contributed by atoms with E-state index in [0.717, 1.165) is 12.2 Å². The minimum absolute atomic E-state index is 0.851. The summed E-state index contributed by atoms with van der Waals surface area (Å²) in [5, 5.41) is 0. The zero-order valence-corrected chi connectivity index (χ0v) is 7.96. The molecule has 0 heterocycles. The van der Waals surface area contributed by atoms with E-state index in [1.807, 2.05) is 38.3 Å². The van der Waals surface area contributed by atoms with E-state index in [4.69, 9.17) is 0 Å².